The van der Waals surface area contributed by atoms with Crippen LogP contribution in [0.3, 0.4) is 0 Å². The number of thiazole rings is 1. The molecule has 1 amide bonds. The molecular weight excluding hydrogens is 289 g/mol. The van der Waals surface area contributed by atoms with Gasteiger partial charge >= 0.3 is 0 Å². The van der Waals surface area contributed by atoms with E-state index in [2.05, 4.69) is 4.98 Å². The molecule has 2 heterocycles. The third kappa shape index (κ3) is 2.82. The summed E-state index contributed by atoms with van der Waals surface area (Å²) in [5.74, 6) is -0.385. The molecule has 0 spiro atoms. The average Bonchev–Trinajstić information content (AvgIpc) is 2.94. The molecule has 1 aromatic heterocycles. The first-order chi connectivity index (χ1) is 10.2. The van der Waals surface area contributed by atoms with Crippen LogP contribution >= 0.6 is 11.3 Å². The molecule has 0 fully saturated rings. The Hall–Kier alpha value is -1.79. The number of carbonyl (C=O) groups excluding carboxylic acids is 1. The molecule has 2 N–H and O–H groups in total. The lowest BCUT2D eigenvalue weighted by atomic mass is 10.0. The Kier molecular flexibility index (Phi) is 3.98. The van der Waals surface area contributed by atoms with Gasteiger partial charge in [-0.1, -0.05) is 0 Å². The molecule has 4 nitrogen and oxygen atoms in total. The van der Waals surface area contributed by atoms with Crippen molar-refractivity contribution in [2.24, 2.45) is 5.73 Å². The van der Waals surface area contributed by atoms with Gasteiger partial charge < -0.3 is 10.6 Å². The van der Waals surface area contributed by atoms with Gasteiger partial charge in [-0.15, -0.1) is 11.3 Å². The topological polar surface area (TPSA) is 59.2 Å². The van der Waals surface area contributed by atoms with Gasteiger partial charge in [0.25, 0.3) is 5.91 Å². The maximum atomic E-state index is 13.3. The first-order valence-electron chi connectivity index (χ1n) is 6.94. The lowest BCUT2D eigenvalue weighted by Gasteiger charge is -2.28. The molecule has 2 aromatic rings. The van der Waals surface area contributed by atoms with Crippen LogP contribution in [0, 0.1) is 5.82 Å². The SMILES string of the molecule is NCCc1nc(C(=O)N2CCCc3cc(F)ccc32)cs1. The van der Waals surface area contributed by atoms with Crippen molar-refractivity contribution < 1.29 is 9.18 Å². The fraction of sp³-hybridized carbons (Fsp3) is 0.333. The van der Waals surface area contributed by atoms with Crippen molar-refractivity contribution in [3.63, 3.8) is 0 Å². The molecule has 0 aliphatic carbocycles. The summed E-state index contributed by atoms with van der Waals surface area (Å²) in [6.07, 6.45) is 2.31. The number of nitrogens with zero attached hydrogens (tertiary/aromatic N) is 2. The van der Waals surface area contributed by atoms with Crippen LogP contribution in [0.5, 0.6) is 0 Å². The quantitative estimate of drug-likeness (QED) is 0.947. The molecule has 1 aromatic carbocycles. The number of amides is 1. The minimum Gasteiger partial charge on any atom is -0.330 e. The monoisotopic (exact) mass is 305 g/mol. The van der Waals surface area contributed by atoms with Gasteiger partial charge in [-0.3, -0.25) is 4.79 Å². The molecule has 0 radical (unpaired) electrons. The van der Waals surface area contributed by atoms with Crippen molar-refractivity contribution in [2.45, 2.75) is 19.3 Å². The van der Waals surface area contributed by atoms with Crippen molar-refractivity contribution in [2.75, 3.05) is 18.0 Å². The van der Waals surface area contributed by atoms with E-state index in [1.807, 2.05) is 0 Å². The third-order valence-corrected chi connectivity index (χ3v) is 4.44. The number of fused-ring (bicyclic) bond motifs is 1. The molecule has 0 saturated carbocycles. The van der Waals surface area contributed by atoms with E-state index in [1.165, 1.54) is 23.5 Å². The molecule has 110 valence electrons. The van der Waals surface area contributed by atoms with E-state index in [9.17, 15) is 9.18 Å². The van der Waals surface area contributed by atoms with E-state index in [1.54, 1.807) is 16.3 Å². The highest BCUT2D eigenvalue weighted by Crippen LogP contribution is 2.29. The molecule has 3 rings (SSSR count). The van der Waals surface area contributed by atoms with Crippen LogP contribution in [0.1, 0.15) is 27.5 Å². The van der Waals surface area contributed by atoms with Crippen LogP contribution in [-0.4, -0.2) is 24.0 Å². The standard InChI is InChI=1S/C15H16FN3OS/c16-11-3-4-13-10(8-11)2-1-7-19(13)15(20)12-9-21-14(18-12)5-6-17/h3-4,8-9H,1-2,5-7,17H2. The molecule has 0 unspecified atom stereocenters. The van der Waals surface area contributed by atoms with E-state index in [4.69, 9.17) is 5.73 Å². The highest BCUT2D eigenvalue weighted by Gasteiger charge is 2.25. The Labute approximate surface area is 126 Å². The van der Waals surface area contributed by atoms with Crippen LogP contribution in [0.4, 0.5) is 10.1 Å². The van der Waals surface area contributed by atoms with Crippen LogP contribution in [-0.2, 0) is 12.8 Å². The Morgan fingerprint density at radius 1 is 1.48 bits per heavy atom. The minimum atomic E-state index is -0.262. The summed E-state index contributed by atoms with van der Waals surface area (Å²) in [7, 11) is 0. The number of anilines is 1. The maximum absolute atomic E-state index is 13.3. The van der Waals surface area contributed by atoms with Crippen molar-refractivity contribution in [1.29, 1.82) is 0 Å². The second-order valence-electron chi connectivity index (χ2n) is 5.00. The number of nitrogens with two attached hydrogens (primary N) is 1. The minimum absolute atomic E-state index is 0.123. The van der Waals surface area contributed by atoms with Crippen molar-refractivity contribution in [1.82, 2.24) is 4.98 Å². The number of carbonyl (C=O) groups is 1. The fourth-order valence-electron chi connectivity index (χ4n) is 2.56. The summed E-state index contributed by atoms with van der Waals surface area (Å²) in [6.45, 7) is 1.16. The summed E-state index contributed by atoms with van der Waals surface area (Å²) in [5.41, 5.74) is 7.62. The van der Waals surface area contributed by atoms with Crippen molar-refractivity contribution in [3.8, 4) is 0 Å². The fourth-order valence-corrected chi connectivity index (χ4v) is 3.35. The van der Waals surface area contributed by atoms with E-state index in [0.29, 0.717) is 25.2 Å². The molecule has 21 heavy (non-hydrogen) atoms. The van der Waals surface area contributed by atoms with E-state index >= 15 is 0 Å². The number of hydrogen-bond donors (Lipinski definition) is 1. The summed E-state index contributed by atoms with van der Waals surface area (Å²) in [6, 6.07) is 4.58. The molecule has 0 atom stereocenters. The smallest absolute Gasteiger partial charge is 0.277 e. The first-order valence-corrected chi connectivity index (χ1v) is 7.82. The van der Waals surface area contributed by atoms with Gasteiger partial charge in [0.15, 0.2) is 0 Å². The Morgan fingerprint density at radius 3 is 3.14 bits per heavy atom. The summed E-state index contributed by atoms with van der Waals surface area (Å²) < 4.78 is 13.3. The van der Waals surface area contributed by atoms with Crippen molar-refractivity contribution >= 4 is 22.9 Å². The summed E-state index contributed by atoms with van der Waals surface area (Å²) >= 11 is 1.45. The van der Waals surface area contributed by atoms with Gasteiger partial charge in [-0.2, -0.15) is 0 Å². The predicted molar refractivity (Wildman–Crippen MR) is 81.3 cm³/mol. The highest BCUT2D eigenvalue weighted by atomic mass is 32.1. The van der Waals surface area contributed by atoms with Crippen LogP contribution in [0.15, 0.2) is 23.6 Å². The van der Waals surface area contributed by atoms with E-state index in [-0.39, 0.29) is 11.7 Å². The van der Waals surface area contributed by atoms with Crippen LogP contribution < -0.4 is 10.6 Å². The molecular formula is C15H16FN3OS. The molecule has 0 saturated heterocycles. The average molecular weight is 305 g/mol. The lowest BCUT2D eigenvalue weighted by Crippen LogP contribution is -2.35. The lowest BCUT2D eigenvalue weighted by molar-refractivity contribution is 0.0981. The van der Waals surface area contributed by atoms with Gasteiger partial charge in [0.1, 0.15) is 11.5 Å². The number of rotatable bonds is 3. The number of aryl methyl sites for hydroxylation is 1. The largest absolute Gasteiger partial charge is 0.330 e. The van der Waals surface area contributed by atoms with Crippen molar-refractivity contribution in [3.05, 3.63) is 45.7 Å². The second kappa shape index (κ2) is 5.91. The summed E-state index contributed by atoms with van der Waals surface area (Å²) in [4.78, 5) is 18.6. The van der Waals surface area contributed by atoms with E-state index < -0.39 is 0 Å². The van der Waals surface area contributed by atoms with Gasteiger partial charge in [0.2, 0.25) is 0 Å². The van der Waals surface area contributed by atoms with Crippen LogP contribution in [0.25, 0.3) is 0 Å². The number of halogens is 1. The maximum Gasteiger partial charge on any atom is 0.277 e. The number of benzene rings is 1. The van der Waals surface area contributed by atoms with Crippen LogP contribution in [0.2, 0.25) is 0 Å². The first kappa shape index (κ1) is 14.2. The highest BCUT2D eigenvalue weighted by molar-refractivity contribution is 7.09. The number of aromatic nitrogens is 1. The Morgan fingerprint density at radius 2 is 2.33 bits per heavy atom. The molecule has 1 aliphatic rings. The third-order valence-electron chi connectivity index (χ3n) is 3.53. The van der Waals surface area contributed by atoms with Gasteiger partial charge in [-0.05, 0) is 43.1 Å². The molecule has 1 aliphatic heterocycles. The second-order valence-corrected chi connectivity index (χ2v) is 5.94. The predicted octanol–water partition coefficient (Wildman–Crippen LogP) is 2.38. The zero-order chi connectivity index (χ0) is 14.8. The number of hydrogen-bond acceptors (Lipinski definition) is 4. The summed E-state index contributed by atoms with van der Waals surface area (Å²) in [5, 5.41) is 2.64. The zero-order valence-corrected chi connectivity index (χ0v) is 12.3. The van der Waals surface area contributed by atoms with Gasteiger partial charge in [-0.25, -0.2) is 9.37 Å². The Bertz CT molecular complexity index is 671. The zero-order valence-electron chi connectivity index (χ0n) is 11.5. The van der Waals surface area contributed by atoms with Gasteiger partial charge in [0.05, 0.1) is 5.01 Å². The van der Waals surface area contributed by atoms with E-state index in [0.717, 1.165) is 29.1 Å². The molecule has 6 heteroatoms. The Balaban J connectivity index is 1.88. The normalized spacial score (nSPS) is 14.1. The molecule has 0 bridgehead atoms. The van der Waals surface area contributed by atoms with Gasteiger partial charge in [0, 0.05) is 24.0 Å².